The Balaban J connectivity index is 1.33. The van der Waals surface area contributed by atoms with Crippen molar-refractivity contribution in [1.29, 1.82) is 0 Å². The summed E-state index contributed by atoms with van der Waals surface area (Å²) in [6.07, 6.45) is 1.63. The molecule has 0 radical (unpaired) electrons. The molecule has 7 heteroatoms. The molecule has 2 fully saturated rings. The first-order chi connectivity index (χ1) is 16.2. The highest BCUT2D eigenvalue weighted by Gasteiger charge is 2.21. The molecule has 1 amide bonds. The molecule has 4 rings (SSSR count). The van der Waals surface area contributed by atoms with E-state index in [1.165, 1.54) is 22.3 Å². The Morgan fingerprint density at radius 2 is 1.45 bits per heavy atom. The smallest absolute Gasteiger partial charge is 0.222 e. The monoisotopic (exact) mass is 449 g/mol. The number of amides is 1. The number of ether oxygens (including phenoxy) is 1. The second-order valence-electron chi connectivity index (χ2n) is 8.62. The van der Waals surface area contributed by atoms with Crippen molar-refractivity contribution in [2.24, 2.45) is 4.99 Å². The summed E-state index contributed by atoms with van der Waals surface area (Å²) in [5, 5.41) is 6.91. The molecule has 2 aliphatic heterocycles. The third kappa shape index (κ3) is 6.55. The van der Waals surface area contributed by atoms with Gasteiger partial charge in [-0.1, -0.05) is 48.5 Å². The summed E-state index contributed by atoms with van der Waals surface area (Å²) in [4.78, 5) is 20.9. The van der Waals surface area contributed by atoms with Gasteiger partial charge in [0.1, 0.15) is 0 Å². The number of hydrogen-bond acceptors (Lipinski definition) is 4. The number of morpholine rings is 1. The van der Waals surface area contributed by atoms with Crippen LogP contribution in [0.3, 0.4) is 0 Å². The van der Waals surface area contributed by atoms with E-state index in [1.807, 2.05) is 17.0 Å². The lowest BCUT2D eigenvalue weighted by molar-refractivity contribution is -0.128. The molecule has 2 N–H and O–H groups in total. The van der Waals surface area contributed by atoms with Gasteiger partial charge in [-0.25, -0.2) is 0 Å². The van der Waals surface area contributed by atoms with Crippen molar-refractivity contribution < 1.29 is 9.53 Å². The summed E-state index contributed by atoms with van der Waals surface area (Å²) in [5.41, 5.74) is 4.99. The highest BCUT2D eigenvalue weighted by atomic mass is 16.5. The molecule has 0 unspecified atom stereocenters. The van der Waals surface area contributed by atoms with Crippen LogP contribution in [0, 0.1) is 0 Å². The van der Waals surface area contributed by atoms with Crippen LogP contribution in [0.25, 0.3) is 0 Å². The van der Waals surface area contributed by atoms with Crippen LogP contribution in [-0.2, 0) is 35.7 Å². The molecule has 2 saturated heterocycles. The first kappa shape index (κ1) is 23.3. The van der Waals surface area contributed by atoms with Gasteiger partial charge in [0.25, 0.3) is 0 Å². The number of nitrogens with zero attached hydrogens (tertiary/aromatic N) is 3. The fourth-order valence-electron chi connectivity index (χ4n) is 4.42. The fourth-order valence-corrected chi connectivity index (χ4v) is 4.42. The number of carbonyl (C=O) groups excluding carboxylic acids is 1. The normalized spacial score (nSPS) is 17.4. The third-order valence-corrected chi connectivity index (χ3v) is 6.38. The van der Waals surface area contributed by atoms with E-state index >= 15 is 0 Å². The molecule has 2 aromatic rings. The molecule has 0 saturated carbocycles. The van der Waals surface area contributed by atoms with Crippen molar-refractivity contribution >= 4 is 11.9 Å². The summed E-state index contributed by atoms with van der Waals surface area (Å²) in [6, 6.07) is 16.9. The maximum absolute atomic E-state index is 12.0. The van der Waals surface area contributed by atoms with Crippen molar-refractivity contribution in [3.8, 4) is 0 Å². The molecule has 2 aliphatic rings. The van der Waals surface area contributed by atoms with Crippen LogP contribution in [0.15, 0.2) is 53.5 Å². The predicted molar refractivity (Wildman–Crippen MR) is 131 cm³/mol. The van der Waals surface area contributed by atoms with Crippen molar-refractivity contribution in [3.05, 3.63) is 70.8 Å². The zero-order valence-corrected chi connectivity index (χ0v) is 19.6. The maximum atomic E-state index is 12.0. The van der Waals surface area contributed by atoms with Crippen LogP contribution in [-0.4, -0.2) is 61.6 Å². The largest absolute Gasteiger partial charge is 0.379 e. The van der Waals surface area contributed by atoms with Crippen molar-refractivity contribution in [3.63, 3.8) is 0 Å². The summed E-state index contributed by atoms with van der Waals surface area (Å²) in [7, 11) is 1.80. The fraction of sp³-hybridized carbons (Fsp3) is 0.462. The van der Waals surface area contributed by atoms with Gasteiger partial charge in [0.15, 0.2) is 5.96 Å². The lowest BCUT2D eigenvalue weighted by Crippen LogP contribution is -2.38. The van der Waals surface area contributed by atoms with Crippen LogP contribution in [0.5, 0.6) is 0 Å². The van der Waals surface area contributed by atoms with Gasteiger partial charge >= 0.3 is 0 Å². The number of hydrogen-bond donors (Lipinski definition) is 2. The number of aliphatic imine (C=N–C) groups is 1. The van der Waals surface area contributed by atoms with Gasteiger partial charge in [0.05, 0.1) is 13.2 Å². The molecule has 176 valence electrons. The van der Waals surface area contributed by atoms with Crippen molar-refractivity contribution in [2.45, 2.75) is 39.0 Å². The number of carbonyl (C=O) groups is 1. The first-order valence-corrected chi connectivity index (χ1v) is 11.9. The Morgan fingerprint density at radius 1 is 0.879 bits per heavy atom. The molecule has 2 heterocycles. The molecule has 0 aliphatic carbocycles. The molecule has 0 atom stereocenters. The molecular formula is C26H35N5O2. The number of rotatable bonds is 8. The van der Waals surface area contributed by atoms with E-state index < -0.39 is 0 Å². The topological polar surface area (TPSA) is 69.2 Å². The van der Waals surface area contributed by atoms with Crippen molar-refractivity contribution in [2.75, 3.05) is 39.9 Å². The lowest BCUT2D eigenvalue weighted by Gasteiger charge is -2.27. The first-order valence-electron chi connectivity index (χ1n) is 11.9. The van der Waals surface area contributed by atoms with Crippen LogP contribution in [0.2, 0.25) is 0 Å². The Kier molecular flexibility index (Phi) is 8.33. The summed E-state index contributed by atoms with van der Waals surface area (Å²) >= 11 is 0. The van der Waals surface area contributed by atoms with Gasteiger partial charge in [0, 0.05) is 59.3 Å². The quantitative estimate of drug-likeness (QED) is 0.479. The average Bonchev–Trinajstić information content (AvgIpc) is 3.26. The van der Waals surface area contributed by atoms with E-state index in [0.29, 0.717) is 26.1 Å². The standard InChI is InChI=1S/C26H35N5O2/c1-27-26(28-17-21-7-2-4-9-23(21)19-30-13-15-33-16-14-30)29-18-22-8-3-5-10-24(22)20-31-12-6-11-25(31)32/h2-5,7-10H,6,11-20H2,1H3,(H2,27,28,29). The van der Waals surface area contributed by atoms with E-state index in [9.17, 15) is 4.79 Å². The molecule has 0 aromatic heterocycles. The second-order valence-corrected chi connectivity index (χ2v) is 8.62. The van der Waals surface area contributed by atoms with Crippen LogP contribution >= 0.6 is 0 Å². The minimum atomic E-state index is 0.256. The molecule has 7 nitrogen and oxygen atoms in total. The minimum Gasteiger partial charge on any atom is -0.379 e. The summed E-state index contributed by atoms with van der Waals surface area (Å²) < 4.78 is 5.48. The molecule has 2 aromatic carbocycles. The van der Waals surface area contributed by atoms with E-state index in [0.717, 1.165) is 51.8 Å². The van der Waals surface area contributed by atoms with Gasteiger partial charge in [-0.3, -0.25) is 14.7 Å². The predicted octanol–water partition coefficient (Wildman–Crippen LogP) is 2.51. The Hall–Kier alpha value is -2.90. The van der Waals surface area contributed by atoms with E-state index in [4.69, 9.17) is 4.74 Å². The van der Waals surface area contributed by atoms with Gasteiger partial charge < -0.3 is 20.3 Å². The van der Waals surface area contributed by atoms with Crippen LogP contribution in [0.4, 0.5) is 0 Å². The molecule has 0 spiro atoms. The van der Waals surface area contributed by atoms with Crippen LogP contribution < -0.4 is 10.6 Å². The zero-order valence-electron chi connectivity index (χ0n) is 19.6. The number of benzene rings is 2. The average molecular weight is 450 g/mol. The van der Waals surface area contributed by atoms with E-state index in [1.54, 1.807) is 7.05 Å². The van der Waals surface area contributed by atoms with Gasteiger partial charge in [-0.2, -0.15) is 0 Å². The number of nitrogens with one attached hydrogen (secondary N) is 2. The summed E-state index contributed by atoms with van der Waals surface area (Å²) in [6.45, 7) is 7.42. The minimum absolute atomic E-state index is 0.256. The van der Waals surface area contributed by atoms with E-state index in [2.05, 4.69) is 56.9 Å². The van der Waals surface area contributed by atoms with Crippen molar-refractivity contribution in [1.82, 2.24) is 20.4 Å². The number of guanidine groups is 1. The van der Waals surface area contributed by atoms with E-state index in [-0.39, 0.29) is 5.91 Å². The SMILES string of the molecule is CN=C(NCc1ccccc1CN1CCOCC1)NCc1ccccc1CN1CCCC1=O. The lowest BCUT2D eigenvalue weighted by atomic mass is 10.1. The van der Waals surface area contributed by atoms with Crippen LogP contribution in [0.1, 0.15) is 35.1 Å². The van der Waals surface area contributed by atoms with Gasteiger partial charge in [-0.15, -0.1) is 0 Å². The molecular weight excluding hydrogens is 414 g/mol. The Bertz CT molecular complexity index is 955. The van der Waals surface area contributed by atoms with Gasteiger partial charge in [0.2, 0.25) is 5.91 Å². The Morgan fingerprint density at radius 3 is 2.00 bits per heavy atom. The zero-order chi connectivity index (χ0) is 22.9. The summed E-state index contributed by atoms with van der Waals surface area (Å²) in [5.74, 6) is 1.02. The third-order valence-electron chi connectivity index (χ3n) is 6.38. The Labute approximate surface area is 196 Å². The molecule has 0 bridgehead atoms. The highest BCUT2D eigenvalue weighted by molar-refractivity contribution is 5.80. The molecule has 33 heavy (non-hydrogen) atoms. The number of likely N-dealkylation sites (tertiary alicyclic amines) is 1. The second kappa shape index (κ2) is 11.8. The highest BCUT2D eigenvalue weighted by Crippen LogP contribution is 2.17. The van der Waals surface area contributed by atoms with Gasteiger partial charge in [-0.05, 0) is 28.7 Å². The maximum Gasteiger partial charge on any atom is 0.222 e.